The van der Waals surface area contributed by atoms with E-state index in [9.17, 15) is 4.79 Å². The zero-order valence-corrected chi connectivity index (χ0v) is 10.0. The van der Waals surface area contributed by atoms with Gasteiger partial charge in [-0.25, -0.2) is 4.98 Å². The van der Waals surface area contributed by atoms with Gasteiger partial charge in [0.25, 0.3) is 5.56 Å². The normalized spacial score (nSPS) is 10.8. The van der Waals surface area contributed by atoms with E-state index in [2.05, 4.69) is 29.1 Å². The number of nitrogens with zero attached hydrogens (tertiary/aromatic N) is 1. The Morgan fingerprint density at radius 2 is 2.31 bits per heavy atom. The van der Waals surface area contributed by atoms with E-state index in [4.69, 9.17) is 4.74 Å². The van der Waals surface area contributed by atoms with E-state index in [1.807, 2.05) is 6.92 Å². The minimum Gasteiger partial charge on any atom is -0.476 e. The lowest BCUT2D eigenvalue weighted by Gasteiger charge is -2.09. The van der Waals surface area contributed by atoms with E-state index in [-0.39, 0.29) is 5.56 Å². The average molecular weight is 225 g/mol. The fourth-order valence-corrected chi connectivity index (χ4v) is 1.23. The van der Waals surface area contributed by atoms with Crippen molar-refractivity contribution in [2.24, 2.45) is 0 Å². The third-order valence-corrected chi connectivity index (χ3v) is 2.01. The number of hydrogen-bond acceptors (Lipinski definition) is 4. The zero-order chi connectivity index (χ0) is 12.0. The topological polar surface area (TPSA) is 67.0 Å². The van der Waals surface area contributed by atoms with Crippen LogP contribution in [-0.4, -0.2) is 29.2 Å². The maximum absolute atomic E-state index is 11.2. The zero-order valence-electron chi connectivity index (χ0n) is 10.0. The van der Waals surface area contributed by atoms with Gasteiger partial charge in [0.1, 0.15) is 12.4 Å². The summed E-state index contributed by atoms with van der Waals surface area (Å²) < 4.78 is 5.39. The summed E-state index contributed by atoms with van der Waals surface area (Å²) in [5, 5.41) is 3.22. The van der Waals surface area contributed by atoms with Crippen molar-refractivity contribution in [3.63, 3.8) is 0 Å². The Balaban J connectivity index is 2.47. The summed E-state index contributed by atoms with van der Waals surface area (Å²) in [7, 11) is 0. The number of hydrogen-bond donors (Lipinski definition) is 2. The van der Waals surface area contributed by atoms with Crippen molar-refractivity contribution in [3.05, 3.63) is 22.2 Å². The molecule has 0 fully saturated rings. The second kappa shape index (κ2) is 6.27. The van der Waals surface area contributed by atoms with Crippen LogP contribution in [0.5, 0.6) is 5.88 Å². The first-order valence-electron chi connectivity index (χ1n) is 5.58. The molecular weight excluding hydrogens is 206 g/mol. The van der Waals surface area contributed by atoms with Gasteiger partial charge in [0.15, 0.2) is 0 Å². The minimum absolute atomic E-state index is 0.168. The number of ether oxygens (including phenoxy) is 1. The molecule has 16 heavy (non-hydrogen) atoms. The molecule has 1 aromatic heterocycles. The number of rotatable bonds is 6. The molecule has 0 aliphatic carbocycles. The summed E-state index contributed by atoms with van der Waals surface area (Å²) in [6, 6.07) is 1.80. The van der Waals surface area contributed by atoms with Crippen LogP contribution in [-0.2, 0) is 6.42 Å². The first kappa shape index (κ1) is 12.7. The van der Waals surface area contributed by atoms with Gasteiger partial charge in [-0.1, -0.05) is 20.8 Å². The number of aromatic nitrogens is 2. The van der Waals surface area contributed by atoms with Gasteiger partial charge in [-0.3, -0.25) is 4.79 Å². The van der Waals surface area contributed by atoms with Crippen LogP contribution in [0.15, 0.2) is 10.9 Å². The van der Waals surface area contributed by atoms with Gasteiger partial charge in [0, 0.05) is 19.0 Å². The molecule has 0 unspecified atom stereocenters. The average Bonchev–Trinajstić information content (AvgIpc) is 2.23. The van der Waals surface area contributed by atoms with Crippen LogP contribution in [0.4, 0.5) is 0 Å². The summed E-state index contributed by atoms with van der Waals surface area (Å²) in [6.07, 6.45) is 0.691. The molecule has 0 saturated heterocycles. The van der Waals surface area contributed by atoms with Gasteiger partial charge in [-0.2, -0.15) is 0 Å². The summed E-state index contributed by atoms with van der Waals surface area (Å²) >= 11 is 0. The van der Waals surface area contributed by atoms with Gasteiger partial charge in [0.05, 0.1) is 6.07 Å². The highest BCUT2D eigenvalue weighted by molar-refractivity contribution is 5.08. The van der Waals surface area contributed by atoms with Crippen molar-refractivity contribution in [2.75, 3.05) is 13.2 Å². The largest absolute Gasteiger partial charge is 0.476 e. The van der Waals surface area contributed by atoms with Gasteiger partial charge >= 0.3 is 0 Å². The third kappa shape index (κ3) is 4.44. The number of H-pyrrole nitrogens is 1. The highest BCUT2D eigenvalue weighted by Gasteiger charge is 2.00. The molecule has 0 radical (unpaired) electrons. The monoisotopic (exact) mass is 225 g/mol. The van der Waals surface area contributed by atoms with Gasteiger partial charge in [-0.05, 0) is 0 Å². The molecule has 1 rings (SSSR count). The maximum atomic E-state index is 11.2. The molecule has 1 heterocycles. The van der Waals surface area contributed by atoms with E-state index in [1.165, 1.54) is 6.07 Å². The number of aromatic amines is 1. The second-order valence-corrected chi connectivity index (χ2v) is 3.84. The van der Waals surface area contributed by atoms with Crippen LogP contribution in [0, 0.1) is 0 Å². The van der Waals surface area contributed by atoms with Gasteiger partial charge < -0.3 is 15.0 Å². The van der Waals surface area contributed by atoms with Crippen molar-refractivity contribution < 1.29 is 4.74 Å². The van der Waals surface area contributed by atoms with Crippen LogP contribution in [0.3, 0.4) is 0 Å². The van der Waals surface area contributed by atoms with E-state index < -0.39 is 0 Å². The molecule has 0 spiro atoms. The first-order chi connectivity index (χ1) is 7.61. The van der Waals surface area contributed by atoms with Crippen molar-refractivity contribution in [2.45, 2.75) is 33.2 Å². The lowest BCUT2D eigenvalue weighted by molar-refractivity contribution is 0.296. The number of nitrogens with one attached hydrogen (secondary N) is 2. The first-order valence-corrected chi connectivity index (χ1v) is 5.58. The van der Waals surface area contributed by atoms with Crippen LogP contribution >= 0.6 is 0 Å². The Morgan fingerprint density at radius 3 is 2.94 bits per heavy atom. The summed E-state index contributed by atoms with van der Waals surface area (Å²) in [6.45, 7) is 7.33. The predicted molar refractivity (Wildman–Crippen MR) is 62.9 cm³/mol. The molecule has 5 nitrogen and oxygen atoms in total. The highest BCUT2D eigenvalue weighted by atomic mass is 16.5. The van der Waals surface area contributed by atoms with E-state index >= 15 is 0 Å². The van der Waals surface area contributed by atoms with Crippen molar-refractivity contribution >= 4 is 0 Å². The van der Waals surface area contributed by atoms with Crippen LogP contribution < -0.4 is 15.6 Å². The molecular formula is C11H19N3O2. The third-order valence-electron chi connectivity index (χ3n) is 2.01. The Morgan fingerprint density at radius 1 is 1.56 bits per heavy atom. The smallest absolute Gasteiger partial charge is 0.254 e. The van der Waals surface area contributed by atoms with Crippen LogP contribution in [0.25, 0.3) is 0 Å². The van der Waals surface area contributed by atoms with E-state index in [0.29, 0.717) is 30.8 Å². The molecule has 0 aliphatic heterocycles. The quantitative estimate of drug-likeness (QED) is 0.700. The summed E-state index contributed by atoms with van der Waals surface area (Å²) in [4.78, 5) is 18.0. The summed E-state index contributed by atoms with van der Waals surface area (Å²) in [5.41, 5.74) is -0.168. The summed E-state index contributed by atoms with van der Waals surface area (Å²) in [5.74, 6) is 1.05. The molecule has 1 aromatic rings. The number of aryl methyl sites for hydroxylation is 1. The molecule has 0 saturated carbocycles. The minimum atomic E-state index is -0.168. The second-order valence-electron chi connectivity index (χ2n) is 3.84. The SMILES string of the molecule is CCc1nc(OCCNC(C)C)cc(=O)[nH]1. The standard InChI is InChI=1S/C11H19N3O2/c1-4-9-13-10(15)7-11(14-9)16-6-5-12-8(2)3/h7-8,12H,4-6H2,1-3H3,(H,13,14,15). The molecule has 2 N–H and O–H groups in total. The van der Waals surface area contributed by atoms with Crippen molar-refractivity contribution in [3.8, 4) is 5.88 Å². The van der Waals surface area contributed by atoms with Crippen LogP contribution in [0.1, 0.15) is 26.6 Å². The fourth-order valence-electron chi connectivity index (χ4n) is 1.23. The molecule has 5 heteroatoms. The van der Waals surface area contributed by atoms with Gasteiger partial charge in [-0.15, -0.1) is 0 Å². The van der Waals surface area contributed by atoms with Gasteiger partial charge in [0.2, 0.25) is 5.88 Å². The molecule has 0 atom stereocenters. The van der Waals surface area contributed by atoms with E-state index in [1.54, 1.807) is 0 Å². The fraction of sp³-hybridized carbons (Fsp3) is 0.636. The lowest BCUT2D eigenvalue weighted by atomic mass is 10.4. The Labute approximate surface area is 95.3 Å². The molecule has 0 aliphatic rings. The highest BCUT2D eigenvalue weighted by Crippen LogP contribution is 2.01. The molecule has 90 valence electrons. The molecule has 0 amide bonds. The van der Waals surface area contributed by atoms with E-state index in [0.717, 1.165) is 6.54 Å². The Kier molecular flexibility index (Phi) is 4.98. The Bertz CT molecular complexity index is 374. The van der Waals surface area contributed by atoms with Crippen molar-refractivity contribution in [1.82, 2.24) is 15.3 Å². The molecule has 0 aromatic carbocycles. The maximum Gasteiger partial charge on any atom is 0.254 e. The lowest BCUT2D eigenvalue weighted by Crippen LogP contribution is -2.28. The van der Waals surface area contributed by atoms with Crippen LogP contribution in [0.2, 0.25) is 0 Å². The Hall–Kier alpha value is -1.36. The van der Waals surface area contributed by atoms with Crippen molar-refractivity contribution in [1.29, 1.82) is 0 Å². The molecule has 0 bridgehead atoms. The predicted octanol–water partition coefficient (Wildman–Crippen LogP) is 0.709.